The van der Waals surface area contributed by atoms with E-state index in [2.05, 4.69) is 10.6 Å². The summed E-state index contributed by atoms with van der Waals surface area (Å²) in [7, 11) is 1.52. The molecule has 6 heteroatoms. The summed E-state index contributed by atoms with van der Waals surface area (Å²) < 4.78 is 10.1. The molecule has 2 N–H and O–H groups in total. The van der Waals surface area contributed by atoms with E-state index < -0.39 is 11.9 Å². The number of nitrogens with one attached hydrogen (secondary N) is 2. The van der Waals surface area contributed by atoms with Crippen molar-refractivity contribution in [1.82, 2.24) is 5.32 Å². The fourth-order valence-corrected chi connectivity index (χ4v) is 1.73. The standard InChI is InChI=1S/C15H16N2O4/c1-10(16-15(19)13-8-5-9-21-13)14(18)17-11-6-3-4-7-12(11)20-2/h3-10H,1-2H3,(H,16,19)(H,17,18)/t10-/m0/s1. The van der Waals surface area contributed by atoms with Crippen LogP contribution in [0.15, 0.2) is 47.1 Å². The normalized spacial score (nSPS) is 11.5. The van der Waals surface area contributed by atoms with Gasteiger partial charge in [-0.05, 0) is 31.2 Å². The number of anilines is 1. The molecule has 2 aromatic rings. The first-order valence-corrected chi connectivity index (χ1v) is 6.40. The molecule has 0 saturated heterocycles. The zero-order valence-electron chi connectivity index (χ0n) is 11.8. The Bertz CT molecular complexity index is 622. The van der Waals surface area contributed by atoms with Crippen molar-refractivity contribution in [1.29, 1.82) is 0 Å². The molecule has 1 heterocycles. The van der Waals surface area contributed by atoms with E-state index in [0.29, 0.717) is 11.4 Å². The molecule has 0 radical (unpaired) electrons. The maximum absolute atomic E-state index is 12.1. The summed E-state index contributed by atoms with van der Waals surface area (Å²) in [5, 5.41) is 5.26. The van der Waals surface area contributed by atoms with Crippen molar-refractivity contribution in [3.8, 4) is 5.75 Å². The molecule has 0 aliphatic carbocycles. The highest BCUT2D eigenvalue weighted by atomic mass is 16.5. The van der Waals surface area contributed by atoms with Gasteiger partial charge in [-0.15, -0.1) is 0 Å². The molecule has 1 aromatic carbocycles. The third-order valence-corrected chi connectivity index (χ3v) is 2.85. The van der Waals surface area contributed by atoms with Gasteiger partial charge in [0.15, 0.2) is 5.76 Å². The second-order valence-corrected chi connectivity index (χ2v) is 4.36. The summed E-state index contributed by atoms with van der Waals surface area (Å²) >= 11 is 0. The lowest BCUT2D eigenvalue weighted by Crippen LogP contribution is -2.41. The Hall–Kier alpha value is -2.76. The van der Waals surface area contributed by atoms with Crippen LogP contribution in [-0.4, -0.2) is 25.0 Å². The molecule has 1 aromatic heterocycles. The van der Waals surface area contributed by atoms with E-state index in [9.17, 15) is 9.59 Å². The molecule has 110 valence electrons. The predicted octanol–water partition coefficient (Wildman–Crippen LogP) is 2.05. The van der Waals surface area contributed by atoms with Gasteiger partial charge in [0.05, 0.1) is 19.1 Å². The minimum Gasteiger partial charge on any atom is -0.495 e. The van der Waals surface area contributed by atoms with Crippen LogP contribution in [0.25, 0.3) is 0 Å². The molecule has 0 saturated carbocycles. The number of methoxy groups -OCH3 is 1. The molecule has 0 aliphatic rings. The zero-order valence-corrected chi connectivity index (χ0v) is 11.8. The first kappa shape index (κ1) is 14.6. The topological polar surface area (TPSA) is 80.6 Å². The van der Waals surface area contributed by atoms with Crippen molar-refractivity contribution < 1.29 is 18.7 Å². The number of amides is 2. The van der Waals surface area contributed by atoms with Gasteiger partial charge >= 0.3 is 0 Å². The largest absolute Gasteiger partial charge is 0.495 e. The van der Waals surface area contributed by atoms with Crippen LogP contribution in [0.2, 0.25) is 0 Å². The van der Waals surface area contributed by atoms with Crippen molar-refractivity contribution in [3.05, 3.63) is 48.4 Å². The maximum atomic E-state index is 12.1. The van der Waals surface area contributed by atoms with Crippen molar-refractivity contribution in [2.24, 2.45) is 0 Å². The van der Waals surface area contributed by atoms with E-state index in [1.54, 1.807) is 37.3 Å². The third-order valence-electron chi connectivity index (χ3n) is 2.85. The van der Waals surface area contributed by atoms with Crippen LogP contribution in [0.5, 0.6) is 5.75 Å². The number of benzene rings is 1. The average Bonchev–Trinajstić information content (AvgIpc) is 3.02. The summed E-state index contributed by atoms with van der Waals surface area (Å²) in [6.07, 6.45) is 1.40. The SMILES string of the molecule is COc1ccccc1NC(=O)[C@H](C)NC(=O)c1ccco1. The number of hydrogen-bond acceptors (Lipinski definition) is 4. The fourth-order valence-electron chi connectivity index (χ4n) is 1.73. The summed E-state index contributed by atoms with van der Waals surface area (Å²) in [6.45, 7) is 1.59. The third kappa shape index (κ3) is 3.62. The van der Waals surface area contributed by atoms with Crippen molar-refractivity contribution >= 4 is 17.5 Å². The van der Waals surface area contributed by atoms with Crippen LogP contribution < -0.4 is 15.4 Å². The highest BCUT2D eigenvalue weighted by molar-refractivity contribution is 6.00. The number of carbonyl (C=O) groups excluding carboxylic acids is 2. The van der Waals surface area contributed by atoms with Crippen LogP contribution >= 0.6 is 0 Å². The molecule has 1 atom stereocenters. The molecule has 0 aliphatic heterocycles. The first-order valence-electron chi connectivity index (χ1n) is 6.40. The Morgan fingerprint density at radius 1 is 1.19 bits per heavy atom. The lowest BCUT2D eigenvalue weighted by molar-refractivity contribution is -0.117. The van der Waals surface area contributed by atoms with Gasteiger partial charge in [-0.3, -0.25) is 9.59 Å². The number of furan rings is 1. The first-order chi connectivity index (χ1) is 10.1. The van der Waals surface area contributed by atoms with E-state index in [1.165, 1.54) is 19.4 Å². The monoisotopic (exact) mass is 288 g/mol. The Labute approximate surface area is 122 Å². The lowest BCUT2D eigenvalue weighted by atomic mass is 10.2. The van der Waals surface area contributed by atoms with E-state index in [-0.39, 0.29) is 11.7 Å². The van der Waals surface area contributed by atoms with Crippen LogP contribution in [0, 0.1) is 0 Å². The van der Waals surface area contributed by atoms with E-state index in [1.807, 2.05) is 0 Å². The number of rotatable bonds is 5. The van der Waals surface area contributed by atoms with Gasteiger partial charge in [0.2, 0.25) is 5.91 Å². The van der Waals surface area contributed by atoms with Gasteiger partial charge in [0.25, 0.3) is 5.91 Å². The molecular formula is C15H16N2O4. The zero-order chi connectivity index (χ0) is 15.2. The second-order valence-electron chi connectivity index (χ2n) is 4.36. The molecule has 0 unspecified atom stereocenters. The Balaban J connectivity index is 1.98. The maximum Gasteiger partial charge on any atom is 0.287 e. The second kappa shape index (κ2) is 6.60. The molecule has 0 fully saturated rings. The molecular weight excluding hydrogens is 272 g/mol. The van der Waals surface area contributed by atoms with Gasteiger partial charge in [0, 0.05) is 0 Å². The van der Waals surface area contributed by atoms with Gasteiger partial charge in [-0.2, -0.15) is 0 Å². The van der Waals surface area contributed by atoms with Crippen molar-refractivity contribution in [3.63, 3.8) is 0 Å². The number of ether oxygens (including phenoxy) is 1. The highest BCUT2D eigenvalue weighted by Gasteiger charge is 2.19. The Kier molecular flexibility index (Phi) is 4.61. The molecule has 6 nitrogen and oxygen atoms in total. The van der Waals surface area contributed by atoms with E-state index in [0.717, 1.165) is 0 Å². The summed E-state index contributed by atoms with van der Waals surface area (Å²) in [5.74, 6) is -0.0792. The quantitative estimate of drug-likeness (QED) is 0.882. The number of hydrogen-bond donors (Lipinski definition) is 2. The minimum atomic E-state index is -0.715. The number of carbonyl (C=O) groups is 2. The van der Waals surface area contributed by atoms with Gasteiger partial charge in [0.1, 0.15) is 11.8 Å². The smallest absolute Gasteiger partial charge is 0.287 e. The number of para-hydroxylation sites is 2. The minimum absolute atomic E-state index is 0.159. The van der Waals surface area contributed by atoms with Crippen LogP contribution in [-0.2, 0) is 4.79 Å². The van der Waals surface area contributed by atoms with Crippen molar-refractivity contribution in [2.75, 3.05) is 12.4 Å². The predicted molar refractivity (Wildman–Crippen MR) is 77.3 cm³/mol. The molecule has 0 bridgehead atoms. The average molecular weight is 288 g/mol. The van der Waals surface area contributed by atoms with E-state index >= 15 is 0 Å². The molecule has 21 heavy (non-hydrogen) atoms. The van der Waals surface area contributed by atoms with Crippen LogP contribution in [0.3, 0.4) is 0 Å². The van der Waals surface area contributed by atoms with Crippen LogP contribution in [0.1, 0.15) is 17.5 Å². The fraction of sp³-hybridized carbons (Fsp3) is 0.200. The Morgan fingerprint density at radius 2 is 1.95 bits per heavy atom. The van der Waals surface area contributed by atoms with Crippen molar-refractivity contribution in [2.45, 2.75) is 13.0 Å². The van der Waals surface area contributed by atoms with Gasteiger partial charge < -0.3 is 19.8 Å². The Morgan fingerprint density at radius 3 is 2.62 bits per heavy atom. The van der Waals surface area contributed by atoms with Gasteiger partial charge in [-0.25, -0.2) is 0 Å². The summed E-state index contributed by atoms with van der Waals surface area (Å²) in [5.41, 5.74) is 0.545. The van der Waals surface area contributed by atoms with E-state index in [4.69, 9.17) is 9.15 Å². The van der Waals surface area contributed by atoms with Gasteiger partial charge in [-0.1, -0.05) is 12.1 Å². The molecule has 2 amide bonds. The highest BCUT2D eigenvalue weighted by Crippen LogP contribution is 2.23. The summed E-state index contributed by atoms with van der Waals surface area (Å²) in [6, 6.07) is 9.46. The summed E-state index contributed by atoms with van der Waals surface area (Å²) in [4.78, 5) is 23.9. The molecule has 2 rings (SSSR count). The van der Waals surface area contributed by atoms with Crippen LogP contribution in [0.4, 0.5) is 5.69 Å². The molecule has 0 spiro atoms. The lowest BCUT2D eigenvalue weighted by Gasteiger charge is -2.15.